The molecule has 1 fully saturated rings. The van der Waals surface area contributed by atoms with E-state index in [0.29, 0.717) is 18.4 Å². The summed E-state index contributed by atoms with van der Waals surface area (Å²) in [6.07, 6.45) is 3.22. The van der Waals surface area contributed by atoms with Gasteiger partial charge in [-0.2, -0.15) is 0 Å². The number of hydrogen-bond donors (Lipinski definition) is 2. The smallest absolute Gasteiger partial charge is 0.191 e. The molecule has 0 unspecified atom stereocenters. The van der Waals surface area contributed by atoms with Crippen LogP contribution >= 0.6 is 0 Å². The third kappa shape index (κ3) is 10.5. The Bertz CT molecular complexity index is 569. The minimum absolute atomic E-state index is 0.528. The second-order valence-electron chi connectivity index (χ2n) is 7.95. The van der Waals surface area contributed by atoms with Gasteiger partial charge in [-0.3, -0.25) is 0 Å². The van der Waals surface area contributed by atoms with Crippen molar-refractivity contribution < 1.29 is 14.2 Å². The number of benzene rings is 1. The molecule has 1 aliphatic rings. The number of guanidine groups is 1. The molecule has 0 atom stereocenters. The Morgan fingerprint density at radius 1 is 1.17 bits per heavy atom. The van der Waals surface area contributed by atoms with E-state index in [2.05, 4.69) is 48.5 Å². The van der Waals surface area contributed by atoms with Gasteiger partial charge in [-0.25, -0.2) is 4.99 Å². The Balaban J connectivity index is 1.64. The molecule has 1 aromatic rings. The van der Waals surface area contributed by atoms with E-state index in [9.17, 15) is 0 Å². The maximum Gasteiger partial charge on any atom is 0.191 e. The molecule has 0 saturated carbocycles. The van der Waals surface area contributed by atoms with Crippen LogP contribution in [0.2, 0.25) is 0 Å². The van der Waals surface area contributed by atoms with Crippen molar-refractivity contribution in [3.05, 3.63) is 29.8 Å². The first-order valence-corrected chi connectivity index (χ1v) is 11.1. The minimum atomic E-state index is 0.528. The lowest BCUT2D eigenvalue weighted by Crippen LogP contribution is -2.38. The minimum Gasteiger partial charge on any atom is -0.493 e. The highest BCUT2D eigenvalue weighted by molar-refractivity contribution is 5.79. The molecule has 2 N–H and O–H groups in total. The normalized spacial score (nSPS) is 15.5. The van der Waals surface area contributed by atoms with Crippen LogP contribution in [-0.4, -0.2) is 52.1 Å². The molecule has 1 heterocycles. The summed E-state index contributed by atoms with van der Waals surface area (Å²) in [6.45, 7) is 12.8. The molecule has 6 nitrogen and oxygen atoms in total. The van der Waals surface area contributed by atoms with Gasteiger partial charge in [-0.1, -0.05) is 26.0 Å². The summed E-state index contributed by atoms with van der Waals surface area (Å²) in [5, 5.41) is 6.69. The van der Waals surface area contributed by atoms with Crippen molar-refractivity contribution in [2.45, 2.75) is 46.6 Å². The molecule has 0 radical (unpaired) electrons. The van der Waals surface area contributed by atoms with Gasteiger partial charge in [0.05, 0.1) is 13.2 Å². The molecule has 0 aromatic heterocycles. The van der Waals surface area contributed by atoms with Gasteiger partial charge < -0.3 is 24.8 Å². The molecule has 0 bridgehead atoms. The number of aliphatic imine (C=N–C) groups is 1. The van der Waals surface area contributed by atoms with Gasteiger partial charge in [0, 0.05) is 39.5 Å². The van der Waals surface area contributed by atoms with Crippen LogP contribution in [0.25, 0.3) is 0 Å². The second kappa shape index (κ2) is 14.2. The fourth-order valence-electron chi connectivity index (χ4n) is 3.01. The standard InChI is InChI=1S/C23H39N3O3/c1-4-24-23(25-12-5-13-28-18-21-10-14-27-15-11-21)26-16-20-6-8-22(9-7-20)29-17-19(2)3/h6-9,19,21H,4-5,10-18H2,1-3H3,(H2,24,25,26). The van der Waals surface area contributed by atoms with Crippen molar-refractivity contribution in [2.75, 3.05) is 46.1 Å². The van der Waals surface area contributed by atoms with Gasteiger partial charge in [-0.05, 0) is 55.7 Å². The second-order valence-corrected chi connectivity index (χ2v) is 7.95. The zero-order valence-electron chi connectivity index (χ0n) is 18.4. The quantitative estimate of drug-likeness (QED) is 0.316. The molecule has 1 aromatic carbocycles. The highest BCUT2D eigenvalue weighted by Gasteiger charge is 2.13. The van der Waals surface area contributed by atoms with Gasteiger partial charge in [0.2, 0.25) is 0 Å². The molecular formula is C23H39N3O3. The highest BCUT2D eigenvalue weighted by Crippen LogP contribution is 2.15. The summed E-state index contributed by atoms with van der Waals surface area (Å²) in [4.78, 5) is 4.68. The zero-order valence-corrected chi connectivity index (χ0v) is 18.4. The van der Waals surface area contributed by atoms with E-state index in [0.717, 1.165) is 77.1 Å². The summed E-state index contributed by atoms with van der Waals surface area (Å²) >= 11 is 0. The predicted molar refractivity (Wildman–Crippen MR) is 119 cm³/mol. The van der Waals surface area contributed by atoms with Gasteiger partial charge >= 0.3 is 0 Å². The van der Waals surface area contributed by atoms with Crippen molar-refractivity contribution in [2.24, 2.45) is 16.8 Å². The monoisotopic (exact) mass is 405 g/mol. The van der Waals surface area contributed by atoms with E-state index in [1.165, 1.54) is 5.56 Å². The predicted octanol–water partition coefficient (Wildman–Crippen LogP) is 3.61. The van der Waals surface area contributed by atoms with E-state index >= 15 is 0 Å². The Morgan fingerprint density at radius 3 is 2.62 bits per heavy atom. The van der Waals surface area contributed by atoms with Crippen molar-refractivity contribution in [1.29, 1.82) is 0 Å². The van der Waals surface area contributed by atoms with E-state index in [1.54, 1.807) is 0 Å². The Hall–Kier alpha value is -1.79. The number of nitrogens with zero attached hydrogens (tertiary/aromatic N) is 1. The first-order chi connectivity index (χ1) is 14.2. The summed E-state index contributed by atoms with van der Waals surface area (Å²) in [7, 11) is 0. The maximum atomic E-state index is 5.82. The van der Waals surface area contributed by atoms with Gasteiger partial charge in [0.15, 0.2) is 5.96 Å². The van der Waals surface area contributed by atoms with Crippen molar-refractivity contribution in [3.63, 3.8) is 0 Å². The van der Waals surface area contributed by atoms with Crippen LogP contribution < -0.4 is 15.4 Å². The van der Waals surface area contributed by atoms with E-state index in [4.69, 9.17) is 14.2 Å². The van der Waals surface area contributed by atoms with Gasteiger partial charge in [0.25, 0.3) is 0 Å². The van der Waals surface area contributed by atoms with Crippen LogP contribution in [0.15, 0.2) is 29.3 Å². The molecule has 2 rings (SSSR count). The maximum absolute atomic E-state index is 5.82. The number of rotatable bonds is 12. The summed E-state index contributed by atoms with van der Waals surface area (Å²) < 4.78 is 16.9. The summed E-state index contributed by atoms with van der Waals surface area (Å²) in [5.74, 6) is 2.95. The lowest BCUT2D eigenvalue weighted by Gasteiger charge is -2.21. The molecule has 1 aliphatic heterocycles. The first kappa shape index (κ1) is 23.5. The zero-order chi connectivity index (χ0) is 20.7. The number of nitrogens with one attached hydrogen (secondary N) is 2. The molecule has 0 spiro atoms. The fourth-order valence-corrected chi connectivity index (χ4v) is 3.01. The Kier molecular flexibility index (Phi) is 11.5. The topological polar surface area (TPSA) is 64.1 Å². The molecule has 164 valence electrons. The molecule has 6 heteroatoms. The largest absolute Gasteiger partial charge is 0.493 e. The molecule has 0 amide bonds. The van der Waals surface area contributed by atoms with E-state index in [1.807, 2.05) is 12.1 Å². The van der Waals surface area contributed by atoms with Crippen LogP contribution in [0.1, 0.15) is 45.6 Å². The van der Waals surface area contributed by atoms with Crippen molar-refractivity contribution >= 4 is 5.96 Å². The lowest BCUT2D eigenvalue weighted by atomic mass is 10.0. The van der Waals surface area contributed by atoms with E-state index < -0.39 is 0 Å². The lowest BCUT2D eigenvalue weighted by molar-refractivity contribution is 0.0203. The Labute approximate surface area is 176 Å². The summed E-state index contributed by atoms with van der Waals surface area (Å²) in [5.41, 5.74) is 1.17. The van der Waals surface area contributed by atoms with Crippen LogP contribution in [0.4, 0.5) is 0 Å². The third-order valence-electron chi connectivity index (χ3n) is 4.72. The number of ether oxygens (including phenoxy) is 3. The van der Waals surface area contributed by atoms with Crippen LogP contribution in [0, 0.1) is 11.8 Å². The fraction of sp³-hybridized carbons (Fsp3) is 0.696. The van der Waals surface area contributed by atoms with Crippen LogP contribution in [0.5, 0.6) is 5.75 Å². The van der Waals surface area contributed by atoms with Crippen molar-refractivity contribution in [1.82, 2.24) is 10.6 Å². The molecule has 1 saturated heterocycles. The van der Waals surface area contributed by atoms with Crippen molar-refractivity contribution in [3.8, 4) is 5.75 Å². The molecule has 29 heavy (non-hydrogen) atoms. The van der Waals surface area contributed by atoms with Crippen LogP contribution in [0.3, 0.4) is 0 Å². The highest BCUT2D eigenvalue weighted by atomic mass is 16.5. The van der Waals surface area contributed by atoms with E-state index in [-0.39, 0.29) is 0 Å². The molecule has 0 aliphatic carbocycles. The Morgan fingerprint density at radius 2 is 1.93 bits per heavy atom. The average Bonchev–Trinajstić information content (AvgIpc) is 2.74. The van der Waals surface area contributed by atoms with Gasteiger partial charge in [0.1, 0.15) is 5.75 Å². The summed E-state index contributed by atoms with van der Waals surface area (Å²) in [6, 6.07) is 8.19. The molecular weight excluding hydrogens is 366 g/mol. The first-order valence-electron chi connectivity index (χ1n) is 11.1. The number of hydrogen-bond acceptors (Lipinski definition) is 4. The van der Waals surface area contributed by atoms with Crippen LogP contribution in [-0.2, 0) is 16.0 Å². The van der Waals surface area contributed by atoms with Gasteiger partial charge in [-0.15, -0.1) is 0 Å². The third-order valence-corrected chi connectivity index (χ3v) is 4.72. The SMILES string of the molecule is CCNC(=NCc1ccc(OCC(C)C)cc1)NCCCOCC1CCOCC1. The average molecular weight is 406 g/mol.